The second-order valence-electron chi connectivity index (χ2n) is 15.3. The fourth-order valence-corrected chi connectivity index (χ4v) is 9.41. The first kappa shape index (κ1) is 39.3. The zero-order valence-corrected chi connectivity index (χ0v) is 33.7. The van der Waals surface area contributed by atoms with Gasteiger partial charge < -0.3 is 47.2 Å². The van der Waals surface area contributed by atoms with E-state index in [1.54, 1.807) is 71.0 Å². The molecule has 56 heavy (non-hydrogen) atoms. The molecule has 15 heteroatoms. The van der Waals surface area contributed by atoms with Crippen molar-refractivity contribution in [3.63, 3.8) is 0 Å². The smallest absolute Gasteiger partial charge is 0.493 e. The number of phosphoric ester groups is 1. The molecule has 1 spiro atoms. The fourth-order valence-electron chi connectivity index (χ4n) is 8.29. The minimum Gasteiger partial charge on any atom is -0.493 e. The third kappa shape index (κ3) is 6.92. The number of hydrogen-bond acceptors (Lipinski definition) is 14. The predicted molar refractivity (Wildman–Crippen MR) is 199 cm³/mol. The van der Waals surface area contributed by atoms with Crippen LogP contribution in [0.4, 0.5) is 0 Å². The number of esters is 1. The molecule has 1 saturated carbocycles. The van der Waals surface area contributed by atoms with E-state index in [2.05, 4.69) is 6.92 Å². The first-order valence-electron chi connectivity index (χ1n) is 19.1. The zero-order chi connectivity index (χ0) is 39.6. The van der Waals surface area contributed by atoms with Crippen LogP contribution in [0.3, 0.4) is 0 Å². The van der Waals surface area contributed by atoms with Crippen LogP contribution in [0.25, 0.3) is 0 Å². The van der Waals surface area contributed by atoms with E-state index in [9.17, 15) is 9.36 Å². The summed E-state index contributed by atoms with van der Waals surface area (Å²) in [7, 11) is -3.22. The number of benzene rings is 3. The molecule has 0 radical (unpaired) electrons. The van der Waals surface area contributed by atoms with Gasteiger partial charge in [-0.2, -0.15) is 0 Å². The van der Waals surface area contributed by atoms with Crippen molar-refractivity contribution in [1.29, 1.82) is 0 Å². The number of hydrogen-bond donors (Lipinski definition) is 0. The van der Waals surface area contributed by atoms with Gasteiger partial charge >= 0.3 is 13.8 Å². The Bertz CT molecular complexity index is 1990. The van der Waals surface area contributed by atoms with Gasteiger partial charge in [-0.15, -0.1) is 0 Å². The van der Waals surface area contributed by atoms with E-state index in [0.717, 1.165) is 12.8 Å². The van der Waals surface area contributed by atoms with Gasteiger partial charge in [0.25, 0.3) is 0 Å². The maximum Gasteiger partial charge on any atom is 0.530 e. The Morgan fingerprint density at radius 2 is 1.38 bits per heavy atom. The van der Waals surface area contributed by atoms with Crippen LogP contribution < -0.4 is 14.0 Å². The number of carbonyl (C=O) groups is 1. The SMILES string of the molecule is CCCCOc1ccc2c(c1)Oc1cc(OP(=O)(OC)OC3C4OC(C)(C)OC4C(OC(C)OCC)C4OC(C)(C)OC43)ccc1C21OC(=O)c2ccccc21. The minimum atomic E-state index is -4.45. The van der Waals surface area contributed by atoms with E-state index < -0.39 is 73.9 Å². The molecular formula is C41H49O14P. The molecule has 0 N–H and O–H groups in total. The van der Waals surface area contributed by atoms with Gasteiger partial charge in [-0.25, -0.2) is 9.36 Å². The summed E-state index contributed by atoms with van der Waals surface area (Å²) in [6, 6.07) is 17.6. The maximum atomic E-state index is 14.6. The third-order valence-corrected chi connectivity index (χ3v) is 11.9. The lowest BCUT2D eigenvalue weighted by Crippen LogP contribution is -2.63. The summed E-state index contributed by atoms with van der Waals surface area (Å²) in [6.45, 7) is 13.8. The molecule has 5 aliphatic rings. The van der Waals surface area contributed by atoms with Crippen LogP contribution in [0.5, 0.6) is 23.0 Å². The molecule has 7 atom stereocenters. The van der Waals surface area contributed by atoms with Crippen LogP contribution in [0.15, 0.2) is 60.7 Å². The lowest BCUT2D eigenvalue weighted by atomic mass is 9.77. The van der Waals surface area contributed by atoms with E-state index in [4.69, 9.17) is 56.2 Å². The quantitative estimate of drug-likeness (QED) is 0.0719. The molecule has 7 unspecified atom stereocenters. The summed E-state index contributed by atoms with van der Waals surface area (Å²) in [5, 5.41) is 0. The molecule has 14 nitrogen and oxygen atoms in total. The number of unbranched alkanes of at least 4 members (excludes halogenated alkanes) is 1. The van der Waals surface area contributed by atoms with Gasteiger partial charge in [-0.05, 0) is 78.3 Å². The molecule has 0 bridgehead atoms. The number of rotatable bonds is 13. The summed E-state index contributed by atoms with van der Waals surface area (Å²) in [4.78, 5) is 13.4. The lowest BCUT2D eigenvalue weighted by Gasteiger charge is -2.43. The van der Waals surface area contributed by atoms with Gasteiger partial charge in [0, 0.05) is 42.5 Å². The van der Waals surface area contributed by atoms with Crippen LogP contribution in [0.2, 0.25) is 0 Å². The van der Waals surface area contributed by atoms with Crippen LogP contribution in [0, 0.1) is 0 Å². The summed E-state index contributed by atoms with van der Waals surface area (Å²) < 4.78 is 89.0. The molecular weight excluding hydrogens is 747 g/mol. The Morgan fingerprint density at radius 3 is 1.98 bits per heavy atom. The van der Waals surface area contributed by atoms with Crippen molar-refractivity contribution in [3.05, 3.63) is 82.9 Å². The molecule has 4 heterocycles. The maximum absolute atomic E-state index is 14.6. The Morgan fingerprint density at radius 1 is 0.786 bits per heavy atom. The van der Waals surface area contributed by atoms with E-state index >= 15 is 0 Å². The number of phosphoric acid groups is 1. The van der Waals surface area contributed by atoms with Crippen molar-refractivity contribution in [2.24, 2.45) is 0 Å². The van der Waals surface area contributed by atoms with Crippen LogP contribution in [-0.2, 0) is 52.4 Å². The second-order valence-corrected chi connectivity index (χ2v) is 16.9. The summed E-state index contributed by atoms with van der Waals surface area (Å²) >= 11 is 0. The monoisotopic (exact) mass is 796 g/mol. The van der Waals surface area contributed by atoms with Crippen LogP contribution in [-0.4, -0.2) is 80.8 Å². The standard InChI is InChI=1S/C41H49O14P/c1-9-11-20-46-24-16-18-28-30(21-24)48-31-22-25(17-19-29(31)41(28)27-15-13-12-14-26(27)38(42)53-41)54-56(43,44-8)55-37-35-33(49-39(4,5)51-35)32(47-23(3)45-10-2)34-36(37)52-40(6,7)50-34/h12-19,21-23,32-37H,9-11,20H2,1-8H3. The van der Waals surface area contributed by atoms with E-state index in [1.807, 2.05) is 31.2 Å². The topological polar surface area (TPSA) is 145 Å². The zero-order valence-electron chi connectivity index (χ0n) is 32.8. The highest BCUT2D eigenvalue weighted by molar-refractivity contribution is 7.48. The average Bonchev–Trinajstić information content (AvgIpc) is 3.77. The van der Waals surface area contributed by atoms with E-state index in [0.29, 0.717) is 52.7 Å². The second kappa shape index (κ2) is 14.7. The van der Waals surface area contributed by atoms with Gasteiger partial charge in [-0.1, -0.05) is 31.5 Å². The minimum absolute atomic E-state index is 0.101. The largest absolute Gasteiger partial charge is 0.530 e. The van der Waals surface area contributed by atoms with Gasteiger partial charge in [0.2, 0.25) is 0 Å². The third-order valence-electron chi connectivity index (χ3n) is 10.5. The van der Waals surface area contributed by atoms with Crippen molar-refractivity contribution >= 4 is 13.8 Å². The number of ether oxygens (including phenoxy) is 9. The van der Waals surface area contributed by atoms with Gasteiger partial charge in [0.15, 0.2) is 23.5 Å². The molecule has 4 aliphatic heterocycles. The van der Waals surface area contributed by atoms with Crippen molar-refractivity contribution in [2.75, 3.05) is 20.3 Å². The molecule has 3 aromatic rings. The first-order chi connectivity index (χ1) is 26.7. The van der Waals surface area contributed by atoms with Crippen molar-refractivity contribution < 1.29 is 65.6 Å². The highest BCUT2D eigenvalue weighted by atomic mass is 31.2. The summed E-state index contributed by atoms with van der Waals surface area (Å²) in [5.41, 5.74) is 0.957. The van der Waals surface area contributed by atoms with Crippen molar-refractivity contribution in [1.82, 2.24) is 0 Å². The first-order valence-corrected chi connectivity index (χ1v) is 20.6. The average molecular weight is 797 g/mol. The molecule has 3 aromatic carbocycles. The predicted octanol–water partition coefficient (Wildman–Crippen LogP) is 7.77. The molecule has 0 aromatic heterocycles. The van der Waals surface area contributed by atoms with Crippen molar-refractivity contribution in [3.8, 4) is 23.0 Å². The highest BCUT2D eigenvalue weighted by Gasteiger charge is 2.66. The van der Waals surface area contributed by atoms with Gasteiger partial charge in [0.1, 0.15) is 59.6 Å². The lowest BCUT2D eigenvalue weighted by molar-refractivity contribution is -0.239. The molecule has 1 aliphatic carbocycles. The van der Waals surface area contributed by atoms with E-state index in [1.165, 1.54) is 7.11 Å². The summed E-state index contributed by atoms with van der Waals surface area (Å²) in [5.74, 6) is -1.13. The Hall–Kier alpha value is -3.56. The van der Waals surface area contributed by atoms with Crippen molar-refractivity contribution in [2.45, 2.75) is 121 Å². The Labute approximate surface area is 326 Å². The molecule has 2 saturated heterocycles. The molecule has 3 fully saturated rings. The van der Waals surface area contributed by atoms with Gasteiger partial charge in [0.05, 0.1) is 12.2 Å². The number of fused-ring (bicyclic) bond motifs is 8. The Kier molecular flexibility index (Phi) is 10.3. The molecule has 8 rings (SSSR count). The number of carbonyl (C=O) groups excluding carboxylic acids is 1. The molecule has 0 amide bonds. The highest BCUT2D eigenvalue weighted by Crippen LogP contribution is 2.59. The fraction of sp³-hybridized carbons (Fsp3) is 0.537. The molecule has 302 valence electrons. The van der Waals surface area contributed by atoms with Gasteiger partial charge in [-0.3, -0.25) is 9.05 Å². The van der Waals surface area contributed by atoms with Crippen LogP contribution >= 0.6 is 7.82 Å². The normalized spacial score (nSPS) is 30.5. The van der Waals surface area contributed by atoms with Crippen LogP contribution in [0.1, 0.15) is 88.4 Å². The Balaban J connectivity index is 1.13. The van der Waals surface area contributed by atoms with E-state index in [-0.39, 0.29) is 5.75 Å². The summed E-state index contributed by atoms with van der Waals surface area (Å²) in [6.07, 6.45) is -3.55.